The van der Waals surface area contributed by atoms with Crippen LogP contribution < -0.4 is 11.1 Å². The molecule has 0 radical (unpaired) electrons. The zero-order valence-electron chi connectivity index (χ0n) is 10.1. The molecule has 1 aliphatic heterocycles. The average molecular weight is 299 g/mol. The molecule has 1 aromatic carbocycles. The van der Waals surface area contributed by atoms with E-state index in [2.05, 4.69) is 15.3 Å². The number of alkyl halides is 2. The zero-order valence-corrected chi connectivity index (χ0v) is 11.6. The lowest BCUT2D eigenvalue weighted by Gasteiger charge is -2.27. The first-order chi connectivity index (χ1) is 8.95. The zero-order chi connectivity index (χ0) is 14.0. The largest absolute Gasteiger partial charge is 0.383 e. The van der Waals surface area contributed by atoms with Gasteiger partial charge in [0.05, 0.1) is 0 Å². The van der Waals surface area contributed by atoms with Gasteiger partial charge in [-0.05, 0) is 0 Å². The lowest BCUT2D eigenvalue weighted by molar-refractivity contribution is -0.120. The molecule has 1 aromatic rings. The molecule has 2 rings (SSSR count). The normalized spacial score (nSPS) is 22.1. The molecule has 0 aliphatic carbocycles. The van der Waals surface area contributed by atoms with Crippen LogP contribution >= 0.6 is 23.2 Å². The minimum atomic E-state index is -1.40. The molecule has 1 amide bonds. The van der Waals surface area contributed by atoms with Gasteiger partial charge in [-0.2, -0.15) is 0 Å². The van der Waals surface area contributed by atoms with E-state index in [1.807, 2.05) is 30.3 Å². The fraction of sp³-hybridized carbons (Fsp3) is 0.250. The number of amides is 1. The molecule has 1 atom stereocenters. The Morgan fingerprint density at radius 2 is 2.00 bits per heavy atom. The van der Waals surface area contributed by atoms with Crippen molar-refractivity contribution in [1.29, 1.82) is 0 Å². The molecule has 0 spiro atoms. The Labute approximate surface area is 120 Å². The number of halogens is 2. The fourth-order valence-corrected chi connectivity index (χ4v) is 2.17. The van der Waals surface area contributed by atoms with Crippen LogP contribution in [0.5, 0.6) is 0 Å². The van der Waals surface area contributed by atoms with E-state index in [4.69, 9.17) is 28.9 Å². The minimum Gasteiger partial charge on any atom is -0.383 e. The van der Waals surface area contributed by atoms with Crippen molar-refractivity contribution in [2.24, 2.45) is 15.7 Å². The SMILES string of the molecule is CC(=O)N[C@]1(C(Cl)Cl)N=C(c2ccccc2)N=C1N. The van der Waals surface area contributed by atoms with E-state index in [0.29, 0.717) is 5.84 Å². The maximum absolute atomic E-state index is 11.3. The highest BCUT2D eigenvalue weighted by molar-refractivity contribution is 6.47. The summed E-state index contributed by atoms with van der Waals surface area (Å²) in [6, 6.07) is 9.23. The maximum atomic E-state index is 11.3. The number of amidine groups is 2. The smallest absolute Gasteiger partial charge is 0.222 e. The van der Waals surface area contributed by atoms with Crippen molar-refractivity contribution in [3.05, 3.63) is 35.9 Å². The molecule has 3 N–H and O–H groups in total. The number of carbonyl (C=O) groups excluding carboxylic acids is 1. The van der Waals surface area contributed by atoms with Crippen LogP contribution in [0.4, 0.5) is 0 Å². The number of aliphatic imine (C=N–C) groups is 2. The molecule has 0 fully saturated rings. The van der Waals surface area contributed by atoms with Crippen LogP contribution in [0.1, 0.15) is 12.5 Å². The number of hydrogen-bond acceptors (Lipinski definition) is 4. The Bertz CT molecular complexity index is 556. The molecule has 1 aliphatic rings. The van der Waals surface area contributed by atoms with Gasteiger partial charge in [0.1, 0.15) is 0 Å². The molecular weight excluding hydrogens is 287 g/mol. The van der Waals surface area contributed by atoms with E-state index in [9.17, 15) is 4.79 Å². The van der Waals surface area contributed by atoms with E-state index in [-0.39, 0.29) is 11.7 Å². The van der Waals surface area contributed by atoms with Gasteiger partial charge in [0.2, 0.25) is 11.6 Å². The van der Waals surface area contributed by atoms with Gasteiger partial charge in [0.25, 0.3) is 0 Å². The first-order valence-electron chi connectivity index (χ1n) is 5.52. The molecule has 0 saturated heterocycles. The summed E-state index contributed by atoms with van der Waals surface area (Å²) in [6.07, 6.45) is 0. The van der Waals surface area contributed by atoms with Gasteiger partial charge >= 0.3 is 0 Å². The lowest BCUT2D eigenvalue weighted by Crippen LogP contribution is -2.58. The average Bonchev–Trinajstić information content (AvgIpc) is 2.68. The lowest BCUT2D eigenvalue weighted by atomic mass is 10.2. The summed E-state index contributed by atoms with van der Waals surface area (Å²) < 4.78 is 0. The third-order valence-corrected chi connectivity index (χ3v) is 3.25. The monoisotopic (exact) mass is 298 g/mol. The van der Waals surface area contributed by atoms with Crippen LogP contribution in [-0.2, 0) is 4.79 Å². The van der Waals surface area contributed by atoms with Crippen LogP contribution in [0.3, 0.4) is 0 Å². The molecule has 0 unspecified atom stereocenters. The highest BCUT2D eigenvalue weighted by Gasteiger charge is 2.45. The van der Waals surface area contributed by atoms with E-state index in [1.54, 1.807) is 0 Å². The molecule has 0 saturated carbocycles. The molecular formula is C12H12Cl2N4O. The number of benzene rings is 1. The van der Waals surface area contributed by atoms with Crippen molar-refractivity contribution in [3.63, 3.8) is 0 Å². The van der Waals surface area contributed by atoms with Crippen molar-refractivity contribution in [2.75, 3.05) is 0 Å². The molecule has 100 valence electrons. The number of rotatable bonds is 3. The standard InChI is InChI=1S/C12H12Cl2N4O/c1-7(19)17-12(10(13)14)11(15)16-9(18-12)8-5-3-2-4-6-8/h2-6,10H,1H3,(H,17,19)(H2,15,16,18)/t12-/m1/s1. The highest BCUT2D eigenvalue weighted by atomic mass is 35.5. The number of carbonyl (C=O) groups is 1. The van der Waals surface area contributed by atoms with Crippen LogP contribution in [0.25, 0.3) is 0 Å². The third-order valence-electron chi connectivity index (χ3n) is 2.61. The molecule has 5 nitrogen and oxygen atoms in total. The fourth-order valence-electron chi connectivity index (χ4n) is 1.74. The summed E-state index contributed by atoms with van der Waals surface area (Å²) in [4.78, 5) is 18.7. The molecule has 19 heavy (non-hydrogen) atoms. The summed E-state index contributed by atoms with van der Waals surface area (Å²) in [7, 11) is 0. The quantitative estimate of drug-likeness (QED) is 0.828. The van der Waals surface area contributed by atoms with Crippen molar-refractivity contribution >= 4 is 40.8 Å². The Kier molecular flexibility index (Phi) is 3.78. The van der Waals surface area contributed by atoms with E-state index < -0.39 is 10.5 Å². The summed E-state index contributed by atoms with van der Waals surface area (Å²) in [5.41, 5.74) is 5.21. The molecule has 1 heterocycles. The highest BCUT2D eigenvalue weighted by Crippen LogP contribution is 2.28. The van der Waals surface area contributed by atoms with Crippen LogP contribution in [0, 0.1) is 0 Å². The first kappa shape index (κ1) is 13.8. The summed E-state index contributed by atoms with van der Waals surface area (Å²) >= 11 is 11.8. The van der Waals surface area contributed by atoms with Crippen molar-refractivity contribution in [3.8, 4) is 0 Å². The van der Waals surface area contributed by atoms with Gasteiger partial charge < -0.3 is 11.1 Å². The van der Waals surface area contributed by atoms with Gasteiger partial charge in [-0.15, -0.1) is 0 Å². The second-order valence-corrected chi connectivity index (χ2v) is 5.14. The summed E-state index contributed by atoms with van der Waals surface area (Å²) in [5.74, 6) is 0.109. The molecule has 0 aromatic heterocycles. The van der Waals surface area contributed by atoms with E-state index in [0.717, 1.165) is 5.56 Å². The van der Waals surface area contributed by atoms with E-state index in [1.165, 1.54) is 6.92 Å². The summed E-state index contributed by atoms with van der Waals surface area (Å²) in [6.45, 7) is 1.33. The van der Waals surface area contributed by atoms with Crippen molar-refractivity contribution < 1.29 is 4.79 Å². The van der Waals surface area contributed by atoms with E-state index >= 15 is 0 Å². The van der Waals surface area contributed by atoms with Gasteiger partial charge in [0, 0.05) is 12.5 Å². The molecule has 7 heteroatoms. The van der Waals surface area contributed by atoms with Gasteiger partial charge in [-0.25, -0.2) is 9.98 Å². The number of nitrogens with zero attached hydrogens (tertiary/aromatic N) is 2. The predicted octanol–water partition coefficient (Wildman–Crippen LogP) is 1.44. The topological polar surface area (TPSA) is 79.8 Å². The summed E-state index contributed by atoms with van der Waals surface area (Å²) in [5, 5.41) is 2.56. The number of hydrogen-bond donors (Lipinski definition) is 2. The predicted molar refractivity (Wildman–Crippen MR) is 76.6 cm³/mol. The van der Waals surface area contributed by atoms with Crippen LogP contribution in [-0.4, -0.2) is 28.1 Å². The Hall–Kier alpha value is -1.59. The Morgan fingerprint density at radius 3 is 2.53 bits per heavy atom. The number of nitrogens with two attached hydrogens (primary N) is 1. The van der Waals surface area contributed by atoms with Gasteiger partial charge in [0.15, 0.2) is 16.5 Å². The van der Waals surface area contributed by atoms with Crippen molar-refractivity contribution in [2.45, 2.75) is 17.4 Å². The second kappa shape index (κ2) is 5.19. The Morgan fingerprint density at radius 1 is 1.37 bits per heavy atom. The maximum Gasteiger partial charge on any atom is 0.222 e. The van der Waals surface area contributed by atoms with Crippen LogP contribution in [0.2, 0.25) is 0 Å². The van der Waals surface area contributed by atoms with Crippen LogP contribution in [0.15, 0.2) is 40.3 Å². The third kappa shape index (κ3) is 2.57. The minimum absolute atomic E-state index is 0.0663. The number of nitrogens with one attached hydrogen (secondary N) is 1. The van der Waals surface area contributed by atoms with Gasteiger partial charge in [-0.3, -0.25) is 4.79 Å². The van der Waals surface area contributed by atoms with Gasteiger partial charge in [-0.1, -0.05) is 53.5 Å². The Balaban J connectivity index is 2.45. The second-order valence-electron chi connectivity index (χ2n) is 4.05. The first-order valence-corrected chi connectivity index (χ1v) is 6.40. The molecule has 0 bridgehead atoms. The van der Waals surface area contributed by atoms with Crippen molar-refractivity contribution in [1.82, 2.24) is 5.32 Å².